The van der Waals surface area contributed by atoms with Crippen LogP contribution in [0.1, 0.15) is 5.56 Å². The number of sulfonamides is 1. The van der Waals surface area contributed by atoms with Gasteiger partial charge in [0.1, 0.15) is 4.90 Å². The van der Waals surface area contributed by atoms with Gasteiger partial charge in [0.15, 0.2) is 0 Å². The second-order valence-electron chi connectivity index (χ2n) is 3.26. The molecule has 0 saturated carbocycles. The molecule has 0 heterocycles. The Morgan fingerprint density at radius 3 is 2.40 bits per heavy atom. The number of halogens is 1. The van der Waals surface area contributed by atoms with Gasteiger partial charge in [-0.25, -0.2) is 12.7 Å². The summed E-state index contributed by atoms with van der Waals surface area (Å²) >= 11 is 5.88. The third-order valence-electron chi connectivity index (χ3n) is 1.99. The summed E-state index contributed by atoms with van der Waals surface area (Å²) in [5, 5.41) is 0.201. The lowest BCUT2D eigenvalue weighted by Gasteiger charge is -2.13. The quantitative estimate of drug-likeness (QED) is 0.870. The summed E-state index contributed by atoms with van der Waals surface area (Å²) in [5.41, 5.74) is 6.22. The second-order valence-corrected chi connectivity index (χ2v) is 5.78. The van der Waals surface area contributed by atoms with E-state index in [2.05, 4.69) is 0 Å². The molecule has 0 radical (unpaired) electrons. The van der Waals surface area contributed by atoms with Crippen molar-refractivity contribution in [2.75, 3.05) is 14.1 Å². The van der Waals surface area contributed by atoms with Gasteiger partial charge in [0.05, 0.1) is 5.02 Å². The van der Waals surface area contributed by atoms with Gasteiger partial charge in [0, 0.05) is 20.6 Å². The zero-order valence-electron chi connectivity index (χ0n) is 8.57. The van der Waals surface area contributed by atoms with Gasteiger partial charge < -0.3 is 5.73 Å². The summed E-state index contributed by atoms with van der Waals surface area (Å²) in [5.74, 6) is 0. The molecule has 4 nitrogen and oxygen atoms in total. The molecule has 0 bridgehead atoms. The van der Waals surface area contributed by atoms with E-state index in [0.717, 1.165) is 9.87 Å². The third kappa shape index (κ3) is 2.49. The molecule has 1 rings (SSSR count). The molecule has 0 aliphatic rings. The van der Waals surface area contributed by atoms with Crippen LogP contribution in [-0.2, 0) is 16.6 Å². The van der Waals surface area contributed by atoms with Gasteiger partial charge >= 0.3 is 0 Å². The average Bonchev–Trinajstić information content (AvgIpc) is 2.16. The molecule has 0 fully saturated rings. The smallest absolute Gasteiger partial charge is 0.244 e. The van der Waals surface area contributed by atoms with E-state index in [0.29, 0.717) is 6.54 Å². The van der Waals surface area contributed by atoms with E-state index in [1.165, 1.54) is 20.2 Å². The molecule has 84 valence electrons. The fraction of sp³-hybridized carbons (Fsp3) is 0.333. The van der Waals surface area contributed by atoms with Crippen LogP contribution < -0.4 is 5.73 Å². The van der Waals surface area contributed by atoms with Crippen molar-refractivity contribution in [2.45, 2.75) is 11.4 Å². The van der Waals surface area contributed by atoms with Crippen LogP contribution >= 0.6 is 11.6 Å². The number of benzene rings is 1. The van der Waals surface area contributed by atoms with E-state index in [1.54, 1.807) is 12.1 Å². The van der Waals surface area contributed by atoms with Gasteiger partial charge in [-0.15, -0.1) is 0 Å². The van der Waals surface area contributed by atoms with E-state index in [1.807, 2.05) is 0 Å². The lowest BCUT2D eigenvalue weighted by molar-refractivity contribution is 0.521. The predicted octanol–water partition coefficient (Wildman–Crippen LogP) is 1.05. The third-order valence-corrected chi connectivity index (χ3v) is 4.29. The Hall–Kier alpha value is -0.620. The van der Waals surface area contributed by atoms with Crippen LogP contribution in [0.15, 0.2) is 23.1 Å². The van der Waals surface area contributed by atoms with Gasteiger partial charge in [-0.05, 0) is 17.7 Å². The molecule has 0 aliphatic carbocycles. The molecule has 2 N–H and O–H groups in total. The molecule has 0 aliphatic heterocycles. The van der Waals surface area contributed by atoms with Gasteiger partial charge in [-0.1, -0.05) is 17.7 Å². The fourth-order valence-electron chi connectivity index (χ4n) is 1.08. The summed E-state index contributed by atoms with van der Waals surface area (Å²) in [6.45, 7) is 0.335. The van der Waals surface area contributed by atoms with E-state index in [-0.39, 0.29) is 9.92 Å². The minimum absolute atomic E-state index is 0.103. The highest BCUT2D eigenvalue weighted by molar-refractivity contribution is 7.89. The highest BCUT2D eigenvalue weighted by atomic mass is 35.5. The normalized spacial score (nSPS) is 12.1. The fourth-order valence-corrected chi connectivity index (χ4v) is 2.51. The van der Waals surface area contributed by atoms with Gasteiger partial charge in [0.2, 0.25) is 10.0 Å². The molecule has 1 aromatic rings. The minimum Gasteiger partial charge on any atom is -0.326 e. The predicted molar refractivity (Wildman–Crippen MR) is 60.2 cm³/mol. The maximum atomic E-state index is 11.8. The molecular formula is C9H13ClN2O2S. The maximum absolute atomic E-state index is 11.8. The van der Waals surface area contributed by atoms with Crippen LogP contribution in [0.4, 0.5) is 0 Å². The Balaban J connectivity index is 3.29. The molecule has 0 saturated heterocycles. The Morgan fingerprint density at radius 1 is 1.40 bits per heavy atom. The molecule has 0 amide bonds. The topological polar surface area (TPSA) is 63.4 Å². The molecule has 6 heteroatoms. The van der Waals surface area contributed by atoms with Gasteiger partial charge in [-0.3, -0.25) is 0 Å². The van der Waals surface area contributed by atoms with E-state index in [4.69, 9.17) is 17.3 Å². The Labute approximate surface area is 94.7 Å². The Bertz CT molecular complexity index is 457. The first-order chi connectivity index (χ1) is 6.89. The molecular weight excluding hydrogens is 236 g/mol. The number of hydrogen-bond acceptors (Lipinski definition) is 3. The second kappa shape index (κ2) is 4.49. The number of hydrogen-bond donors (Lipinski definition) is 1. The first-order valence-corrected chi connectivity index (χ1v) is 6.12. The number of rotatable bonds is 3. The molecule has 0 atom stereocenters. The van der Waals surface area contributed by atoms with E-state index in [9.17, 15) is 8.42 Å². The molecule has 0 aromatic heterocycles. The van der Waals surface area contributed by atoms with Crippen molar-refractivity contribution >= 4 is 21.6 Å². The van der Waals surface area contributed by atoms with Crippen LogP contribution in [0.25, 0.3) is 0 Å². The van der Waals surface area contributed by atoms with Crippen molar-refractivity contribution in [2.24, 2.45) is 5.73 Å². The molecule has 15 heavy (non-hydrogen) atoms. The number of nitrogens with zero attached hydrogens (tertiary/aromatic N) is 1. The lowest BCUT2D eigenvalue weighted by atomic mass is 10.2. The largest absolute Gasteiger partial charge is 0.326 e. The first kappa shape index (κ1) is 12.4. The SMILES string of the molecule is CN(C)S(=O)(=O)c1ccc(CN)cc1Cl. The van der Waals surface area contributed by atoms with Crippen LogP contribution in [0, 0.1) is 0 Å². The van der Waals surface area contributed by atoms with Gasteiger partial charge in [-0.2, -0.15) is 0 Å². The first-order valence-electron chi connectivity index (χ1n) is 4.30. The zero-order chi connectivity index (χ0) is 11.6. The van der Waals surface area contributed by atoms with Crippen molar-refractivity contribution in [3.8, 4) is 0 Å². The van der Waals surface area contributed by atoms with Crippen molar-refractivity contribution in [3.05, 3.63) is 28.8 Å². The molecule has 1 aromatic carbocycles. The summed E-state index contributed by atoms with van der Waals surface area (Å²) in [6.07, 6.45) is 0. The van der Waals surface area contributed by atoms with Crippen LogP contribution in [0.5, 0.6) is 0 Å². The minimum atomic E-state index is -3.47. The summed E-state index contributed by atoms with van der Waals surface area (Å²) < 4.78 is 24.6. The lowest BCUT2D eigenvalue weighted by Crippen LogP contribution is -2.22. The highest BCUT2D eigenvalue weighted by Gasteiger charge is 2.20. The monoisotopic (exact) mass is 248 g/mol. The molecule has 0 spiro atoms. The summed E-state index contributed by atoms with van der Waals surface area (Å²) in [4.78, 5) is 0.103. The zero-order valence-corrected chi connectivity index (χ0v) is 10.1. The van der Waals surface area contributed by atoms with Crippen molar-refractivity contribution < 1.29 is 8.42 Å². The highest BCUT2D eigenvalue weighted by Crippen LogP contribution is 2.24. The van der Waals surface area contributed by atoms with E-state index < -0.39 is 10.0 Å². The maximum Gasteiger partial charge on any atom is 0.244 e. The standard InChI is InChI=1S/C9H13ClN2O2S/c1-12(2)15(13,14)9-4-3-7(6-11)5-8(9)10/h3-5H,6,11H2,1-2H3. The Morgan fingerprint density at radius 2 is 2.00 bits per heavy atom. The summed E-state index contributed by atoms with van der Waals surface area (Å²) in [6, 6.07) is 4.69. The Kier molecular flexibility index (Phi) is 3.72. The van der Waals surface area contributed by atoms with Crippen molar-refractivity contribution in [1.29, 1.82) is 0 Å². The molecule has 0 unspecified atom stereocenters. The van der Waals surface area contributed by atoms with Crippen LogP contribution in [0.2, 0.25) is 5.02 Å². The number of nitrogens with two attached hydrogens (primary N) is 1. The average molecular weight is 249 g/mol. The van der Waals surface area contributed by atoms with Crippen LogP contribution in [0.3, 0.4) is 0 Å². The van der Waals surface area contributed by atoms with E-state index >= 15 is 0 Å². The van der Waals surface area contributed by atoms with Crippen LogP contribution in [-0.4, -0.2) is 26.8 Å². The summed E-state index contributed by atoms with van der Waals surface area (Å²) in [7, 11) is -0.550. The van der Waals surface area contributed by atoms with Crippen molar-refractivity contribution in [3.63, 3.8) is 0 Å². The van der Waals surface area contributed by atoms with Crippen molar-refractivity contribution in [1.82, 2.24) is 4.31 Å². The van der Waals surface area contributed by atoms with Gasteiger partial charge in [0.25, 0.3) is 0 Å².